The van der Waals surface area contributed by atoms with Gasteiger partial charge in [0, 0.05) is 29.9 Å². The second kappa shape index (κ2) is 10.2. The van der Waals surface area contributed by atoms with Crippen LogP contribution < -0.4 is 16.0 Å². The first kappa shape index (κ1) is 28.2. The van der Waals surface area contributed by atoms with E-state index in [1.807, 2.05) is 0 Å². The Labute approximate surface area is 231 Å². The molecule has 6 rings (SSSR count). The highest BCUT2D eigenvalue weighted by atomic mass is 35.5. The third kappa shape index (κ3) is 4.99. The second-order valence-electron chi connectivity index (χ2n) is 10.1. The standard InChI is InChI=1S/C25H23ClF3N3O7S/c26-16-2-1-11(22(33)31-14-7-17(27)21(29)18(28)8-14)3-20(16)40(37,38)15-5-12-4-13(6-15)25(12,36)10-30-23(34)19-9-39-24(35)32-19/h1-3,7-8,12-13,15,19,36H,4-6,9-10H2,(H,30,34)(H,31,33)(H,32,35)/t12?,13?,15-,19?,25-. The molecule has 2 bridgehead atoms. The molecule has 3 saturated carbocycles. The van der Waals surface area contributed by atoms with Crippen molar-refractivity contribution in [1.29, 1.82) is 0 Å². The van der Waals surface area contributed by atoms with E-state index in [9.17, 15) is 41.1 Å². The highest BCUT2D eigenvalue weighted by molar-refractivity contribution is 7.92. The number of nitrogens with one attached hydrogen (secondary N) is 3. The first-order chi connectivity index (χ1) is 18.8. The number of hydrogen-bond donors (Lipinski definition) is 4. The number of carbonyl (C=O) groups is 3. The number of carbonyl (C=O) groups excluding carboxylic acids is 3. The summed E-state index contributed by atoms with van der Waals surface area (Å²) in [6, 6.07) is 3.77. The Kier molecular flexibility index (Phi) is 7.21. The molecule has 1 saturated heterocycles. The Balaban J connectivity index is 1.27. The molecule has 4 fully saturated rings. The zero-order valence-corrected chi connectivity index (χ0v) is 22.1. The number of aliphatic hydroxyl groups is 1. The van der Waals surface area contributed by atoms with E-state index < -0.39 is 73.9 Å². The summed E-state index contributed by atoms with van der Waals surface area (Å²) in [5.74, 6) is -7.02. The third-order valence-corrected chi connectivity index (χ3v) is 10.4. The molecule has 1 aliphatic heterocycles. The lowest BCUT2D eigenvalue weighted by molar-refractivity contribution is -0.174. The van der Waals surface area contributed by atoms with Crippen molar-refractivity contribution in [1.82, 2.24) is 10.6 Å². The van der Waals surface area contributed by atoms with E-state index in [1.54, 1.807) is 0 Å². The van der Waals surface area contributed by atoms with Crippen LogP contribution >= 0.6 is 11.6 Å². The second-order valence-corrected chi connectivity index (χ2v) is 12.7. The number of amides is 3. The van der Waals surface area contributed by atoms with E-state index >= 15 is 0 Å². The topological polar surface area (TPSA) is 151 Å². The van der Waals surface area contributed by atoms with Crippen LogP contribution in [0.5, 0.6) is 0 Å². The Hall–Kier alpha value is -3.36. The predicted octanol–water partition coefficient (Wildman–Crippen LogP) is 2.54. The van der Waals surface area contributed by atoms with Gasteiger partial charge in [-0.2, -0.15) is 0 Å². The molecule has 15 heteroatoms. The van der Waals surface area contributed by atoms with Gasteiger partial charge in [-0.3, -0.25) is 9.59 Å². The summed E-state index contributed by atoms with van der Waals surface area (Å²) in [4.78, 5) is 35.8. The minimum atomic E-state index is -4.09. The van der Waals surface area contributed by atoms with Crippen LogP contribution in [-0.4, -0.2) is 61.5 Å². The van der Waals surface area contributed by atoms with Crippen LogP contribution in [0.1, 0.15) is 29.6 Å². The van der Waals surface area contributed by atoms with E-state index in [2.05, 4.69) is 20.7 Å². The van der Waals surface area contributed by atoms with Gasteiger partial charge < -0.3 is 25.8 Å². The Morgan fingerprint density at radius 3 is 2.35 bits per heavy atom. The molecule has 10 nitrogen and oxygen atoms in total. The van der Waals surface area contributed by atoms with Gasteiger partial charge in [0.15, 0.2) is 27.3 Å². The molecule has 0 radical (unpaired) electrons. The summed E-state index contributed by atoms with van der Waals surface area (Å²) in [5.41, 5.74) is -1.87. The molecule has 0 aromatic heterocycles. The fourth-order valence-corrected chi connectivity index (χ4v) is 7.95. The summed E-state index contributed by atoms with van der Waals surface area (Å²) < 4.78 is 72.0. The Morgan fingerprint density at radius 2 is 1.75 bits per heavy atom. The van der Waals surface area contributed by atoms with Crippen molar-refractivity contribution in [3.05, 3.63) is 58.4 Å². The van der Waals surface area contributed by atoms with E-state index in [0.29, 0.717) is 18.6 Å². The fraction of sp³-hybridized carbons (Fsp3) is 0.400. The summed E-state index contributed by atoms with van der Waals surface area (Å²) in [7, 11) is -4.09. The Morgan fingerprint density at radius 1 is 1.10 bits per heavy atom. The Bertz CT molecular complexity index is 1490. The molecule has 4 aliphatic rings. The van der Waals surface area contributed by atoms with Gasteiger partial charge in [-0.1, -0.05) is 11.6 Å². The predicted molar refractivity (Wildman–Crippen MR) is 134 cm³/mol. The first-order valence-corrected chi connectivity index (χ1v) is 14.1. The van der Waals surface area contributed by atoms with Crippen LogP contribution in [0.4, 0.5) is 23.7 Å². The molecule has 1 heterocycles. The minimum Gasteiger partial charge on any atom is -0.447 e. The summed E-state index contributed by atoms with van der Waals surface area (Å²) in [6.07, 6.45) is -0.00113. The molecule has 3 aliphatic carbocycles. The molecule has 2 aromatic carbocycles. The highest BCUT2D eigenvalue weighted by Gasteiger charge is 2.60. The molecule has 4 N–H and O–H groups in total. The maximum atomic E-state index is 13.6. The zero-order chi connectivity index (χ0) is 29.0. The zero-order valence-electron chi connectivity index (χ0n) is 20.5. The molecule has 40 heavy (non-hydrogen) atoms. The smallest absolute Gasteiger partial charge is 0.407 e. The monoisotopic (exact) mass is 601 g/mol. The van der Waals surface area contributed by atoms with Crippen molar-refractivity contribution >= 4 is 45.0 Å². The number of halogens is 4. The van der Waals surface area contributed by atoms with Gasteiger partial charge in [0.2, 0.25) is 5.91 Å². The molecule has 2 aromatic rings. The van der Waals surface area contributed by atoms with Crippen molar-refractivity contribution < 1.29 is 45.8 Å². The van der Waals surface area contributed by atoms with Crippen molar-refractivity contribution in [3.8, 4) is 0 Å². The minimum absolute atomic E-state index is 0.0787. The quantitative estimate of drug-likeness (QED) is 0.356. The molecule has 3 atom stereocenters. The summed E-state index contributed by atoms with van der Waals surface area (Å²) in [6.45, 7) is -0.257. The van der Waals surface area contributed by atoms with Gasteiger partial charge in [-0.25, -0.2) is 26.4 Å². The number of rotatable bonds is 7. The number of cyclic esters (lactones) is 1. The van der Waals surface area contributed by atoms with Gasteiger partial charge in [0.05, 0.1) is 20.8 Å². The van der Waals surface area contributed by atoms with Gasteiger partial charge in [0.1, 0.15) is 12.6 Å². The third-order valence-electron chi connectivity index (χ3n) is 7.79. The molecule has 0 spiro atoms. The van der Waals surface area contributed by atoms with Crippen molar-refractivity contribution in [2.24, 2.45) is 11.8 Å². The van der Waals surface area contributed by atoms with E-state index in [1.165, 1.54) is 12.1 Å². The maximum absolute atomic E-state index is 13.6. The van der Waals surface area contributed by atoms with E-state index in [4.69, 9.17) is 11.6 Å². The van der Waals surface area contributed by atoms with Gasteiger partial charge in [-0.15, -0.1) is 0 Å². The number of hydrogen-bond acceptors (Lipinski definition) is 7. The lowest BCUT2D eigenvalue weighted by Gasteiger charge is -2.58. The fourth-order valence-electron chi connectivity index (χ4n) is 5.55. The van der Waals surface area contributed by atoms with Crippen LogP contribution in [0, 0.1) is 29.3 Å². The number of benzene rings is 2. The van der Waals surface area contributed by atoms with Crippen LogP contribution in [0.15, 0.2) is 35.2 Å². The summed E-state index contributed by atoms with van der Waals surface area (Å²) in [5, 5.41) is 17.2. The molecule has 3 unspecified atom stereocenters. The van der Waals surface area contributed by atoms with Gasteiger partial charge >= 0.3 is 6.09 Å². The molecular formula is C25H23ClF3N3O7S. The van der Waals surface area contributed by atoms with Crippen molar-refractivity contribution in [2.45, 2.75) is 41.1 Å². The molecular weight excluding hydrogens is 579 g/mol. The van der Waals surface area contributed by atoms with Crippen LogP contribution in [0.25, 0.3) is 0 Å². The van der Waals surface area contributed by atoms with E-state index in [-0.39, 0.29) is 47.2 Å². The SMILES string of the molecule is O=C1NC(C(=O)NC[C@]2(O)C3CC2C[C@@H](S(=O)(=O)c2cc(C(=O)Nc4cc(F)c(F)c(F)c4)ccc2Cl)C3)CO1. The average Bonchev–Trinajstić information content (AvgIpc) is 3.36. The lowest BCUT2D eigenvalue weighted by atomic mass is 9.53. The maximum Gasteiger partial charge on any atom is 0.407 e. The van der Waals surface area contributed by atoms with Gasteiger partial charge in [0.25, 0.3) is 5.91 Å². The van der Waals surface area contributed by atoms with E-state index in [0.717, 1.165) is 6.07 Å². The highest BCUT2D eigenvalue weighted by Crippen LogP contribution is 2.55. The molecule has 3 amide bonds. The van der Waals surface area contributed by atoms with Crippen molar-refractivity contribution in [3.63, 3.8) is 0 Å². The normalized spacial score (nSPS) is 27.3. The number of anilines is 1. The average molecular weight is 602 g/mol. The number of alkyl carbamates (subject to hydrolysis) is 1. The number of fused-ring (bicyclic) bond motifs is 2. The largest absolute Gasteiger partial charge is 0.447 e. The van der Waals surface area contributed by atoms with Crippen LogP contribution in [-0.2, 0) is 19.4 Å². The first-order valence-electron chi connectivity index (χ1n) is 12.2. The number of sulfone groups is 1. The van der Waals surface area contributed by atoms with Crippen LogP contribution in [0.2, 0.25) is 5.02 Å². The molecule has 214 valence electrons. The van der Waals surface area contributed by atoms with Crippen molar-refractivity contribution in [2.75, 3.05) is 18.5 Å². The lowest BCUT2D eigenvalue weighted by Crippen LogP contribution is -2.66. The summed E-state index contributed by atoms with van der Waals surface area (Å²) >= 11 is 6.20. The van der Waals surface area contributed by atoms with Gasteiger partial charge in [-0.05, 0) is 49.3 Å². The number of ether oxygens (including phenoxy) is 1. The van der Waals surface area contributed by atoms with Crippen LogP contribution in [0.3, 0.4) is 0 Å².